The van der Waals surface area contributed by atoms with E-state index in [1.807, 2.05) is 12.1 Å². The van der Waals surface area contributed by atoms with Crippen LogP contribution in [0.2, 0.25) is 0 Å². The van der Waals surface area contributed by atoms with Crippen molar-refractivity contribution in [1.29, 1.82) is 0 Å². The minimum Gasteiger partial charge on any atom is -0.258 e. The van der Waals surface area contributed by atoms with Crippen molar-refractivity contribution in [3.8, 4) is 0 Å². The average molecular weight is 304 g/mol. The number of para-hydroxylation sites is 1. The molecule has 2 aromatic rings. The van der Waals surface area contributed by atoms with Crippen LogP contribution >= 0.6 is 11.6 Å². The molecular weight excluding hydrogens is 286 g/mol. The molecule has 0 heterocycles. The molecule has 4 heteroatoms. The molecule has 0 aliphatic carbocycles. The van der Waals surface area contributed by atoms with Crippen molar-refractivity contribution in [3.05, 3.63) is 75.3 Å². The Hall–Kier alpha value is -1.87. The summed E-state index contributed by atoms with van der Waals surface area (Å²) in [4.78, 5) is 10.7. The molecule has 0 aliphatic rings. The molecule has 0 spiro atoms. The zero-order valence-electron chi connectivity index (χ0n) is 12.1. The van der Waals surface area contributed by atoms with E-state index in [1.54, 1.807) is 18.2 Å². The van der Waals surface area contributed by atoms with Crippen molar-refractivity contribution in [2.45, 2.75) is 31.6 Å². The van der Waals surface area contributed by atoms with Crippen LogP contribution in [0.15, 0.2) is 48.5 Å². The Morgan fingerprint density at radius 2 is 1.62 bits per heavy atom. The Labute approximate surface area is 129 Å². The summed E-state index contributed by atoms with van der Waals surface area (Å²) >= 11 is 6.43. The van der Waals surface area contributed by atoms with Crippen molar-refractivity contribution in [3.63, 3.8) is 0 Å². The monoisotopic (exact) mass is 303 g/mol. The van der Waals surface area contributed by atoms with Gasteiger partial charge in [0.15, 0.2) is 0 Å². The Balaban J connectivity index is 2.18. The second kappa shape index (κ2) is 6.72. The van der Waals surface area contributed by atoms with E-state index in [4.69, 9.17) is 11.6 Å². The Morgan fingerprint density at radius 3 is 2.19 bits per heavy atom. The lowest BCUT2D eigenvalue weighted by molar-refractivity contribution is -0.385. The van der Waals surface area contributed by atoms with Gasteiger partial charge in [-0.2, -0.15) is 0 Å². The number of halogens is 1. The number of hydrogen-bond acceptors (Lipinski definition) is 2. The van der Waals surface area contributed by atoms with Gasteiger partial charge >= 0.3 is 0 Å². The maximum atomic E-state index is 11.0. The first-order valence-corrected chi connectivity index (χ1v) is 7.39. The van der Waals surface area contributed by atoms with Crippen LogP contribution in [-0.2, 0) is 6.42 Å². The number of hydrogen-bond donors (Lipinski definition) is 0. The summed E-state index contributed by atoms with van der Waals surface area (Å²) in [6.45, 7) is 4.28. The van der Waals surface area contributed by atoms with Crippen LogP contribution in [0.3, 0.4) is 0 Å². The third kappa shape index (κ3) is 3.82. The first-order chi connectivity index (χ1) is 9.99. The van der Waals surface area contributed by atoms with E-state index < -0.39 is 0 Å². The van der Waals surface area contributed by atoms with Crippen LogP contribution in [0.5, 0.6) is 0 Å². The molecule has 0 amide bonds. The van der Waals surface area contributed by atoms with Gasteiger partial charge in [0.05, 0.1) is 10.3 Å². The number of rotatable bonds is 5. The molecule has 0 saturated heterocycles. The summed E-state index contributed by atoms with van der Waals surface area (Å²) in [5, 5.41) is 10.8. The van der Waals surface area contributed by atoms with Gasteiger partial charge in [0.2, 0.25) is 0 Å². The largest absolute Gasteiger partial charge is 0.272 e. The average Bonchev–Trinajstić information content (AvgIpc) is 2.47. The van der Waals surface area contributed by atoms with Crippen molar-refractivity contribution in [2.24, 2.45) is 0 Å². The maximum Gasteiger partial charge on any atom is 0.272 e. The van der Waals surface area contributed by atoms with Gasteiger partial charge in [0.1, 0.15) is 0 Å². The fourth-order valence-corrected chi connectivity index (χ4v) is 2.57. The molecule has 0 saturated carbocycles. The number of nitro groups is 1. The maximum absolute atomic E-state index is 11.0. The van der Waals surface area contributed by atoms with E-state index >= 15 is 0 Å². The van der Waals surface area contributed by atoms with Gasteiger partial charge in [-0.05, 0) is 23.5 Å². The Morgan fingerprint density at radius 1 is 1.05 bits per heavy atom. The molecule has 3 nitrogen and oxygen atoms in total. The molecule has 1 atom stereocenters. The minimum absolute atomic E-state index is 0.127. The summed E-state index contributed by atoms with van der Waals surface area (Å²) in [5.41, 5.74) is 3.03. The van der Waals surface area contributed by atoms with Gasteiger partial charge in [-0.25, -0.2) is 0 Å². The third-order valence-corrected chi connectivity index (χ3v) is 3.96. The van der Waals surface area contributed by atoms with Gasteiger partial charge in [-0.1, -0.05) is 56.3 Å². The van der Waals surface area contributed by atoms with E-state index in [0.717, 1.165) is 5.56 Å². The molecule has 0 bridgehead atoms. The second-order valence-corrected chi connectivity index (χ2v) is 5.91. The van der Waals surface area contributed by atoms with Crippen LogP contribution in [-0.4, -0.2) is 4.92 Å². The van der Waals surface area contributed by atoms with Gasteiger partial charge < -0.3 is 0 Å². The Kier molecular flexibility index (Phi) is 4.97. The molecule has 110 valence electrons. The highest BCUT2D eigenvalue weighted by molar-refractivity contribution is 6.20. The van der Waals surface area contributed by atoms with Crippen LogP contribution < -0.4 is 0 Å². The summed E-state index contributed by atoms with van der Waals surface area (Å²) < 4.78 is 0. The first kappa shape index (κ1) is 15.5. The van der Waals surface area contributed by atoms with E-state index in [1.165, 1.54) is 11.6 Å². The van der Waals surface area contributed by atoms with Crippen LogP contribution in [0, 0.1) is 10.1 Å². The van der Waals surface area contributed by atoms with Crippen LogP contribution in [0.1, 0.15) is 41.8 Å². The molecule has 0 aromatic heterocycles. The fraction of sp³-hybridized carbons (Fsp3) is 0.294. The number of nitrogens with zero attached hydrogens (tertiary/aromatic N) is 1. The Bertz CT molecular complexity index is 623. The molecule has 21 heavy (non-hydrogen) atoms. The smallest absolute Gasteiger partial charge is 0.258 e. The van der Waals surface area contributed by atoms with Crippen molar-refractivity contribution >= 4 is 17.3 Å². The van der Waals surface area contributed by atoms with Crippen molar-refractivity contribution in [2.75, 3.05) is 0 Å². The highest BCUT2D eigenvalue weighted by atomic mass is 35.5. The number of benzene rings is 2. The van der Waals surface area contributed by atoms with Crippen molar-refractivity contribution < 1.29 is 4.92 Å². The van der Waals surface area contributed by atoms with Crippen LogP contribution in [0.25, 0.3) is 0 Å². The van der Waals surface area contributed by atoms with E-state index in [0.29, 0.717) is 17.9 Å². The zero-order valence-corrected chi connectivity index (χ0v) is 12.9. The molecular formula is C17H18ClNO2. The first-order valence-electron chi connectivity index (χ1n) is 6.95. The molecule has 0 aliphatic heterocycles. The number of nitro benzene ring substituents is 1. The third-order valence-electron chi connectivity index (χ3n) is 3.55. The molecule has 0 radical (unpaired) electrons. The number of alkyl halides is 1. The zero-order chi connectivity index (χ0) is 15.4. The molecule has 2 rings (SSSR count). The van der Waals surface area contributed by atoms with E-state index in [-0.39, 0.29) is 16.0 Å². The molecule has 1 unspecified atom stereocenters. The summed E-state index contributed by atoms with van der Waals surface area (Å²) in [5.74, 6) is 0.475. The van der Waals surface area contributed by atoms with Gasteiger partial charge in [-0.3, -0.25) is 10.1 Å². The lowest BCUT2D eigenvalue weighted by Gasteiger charge is -2.12. The SMILES string of the molecule is CC(C)c1ccc(C(Cl)Cc2ccccc2[N+](=O)[O-])cc1. The topological polar surface area (TPSA) is 43.1 Å². The second-order valence-electron chi connectivity index (χ2n) is 5.38. The van der Waals surface area contributed by atoms with E-state index in [9.17, 15) is 10.1 Å². The lowest BCUT2D eigenvalue weighted by atomic mass is 9.98. The fourth-order valence-electron chi connectivity index (χ4n) is 2.26. The molecule has 0 fully saturated rings. The van der Waals surface area contributed by atoms with Crippen LogP contribution in [0.4, 0.5) is 5.69 Å². The standard InChI is InChI=1S/C17H18ClNO2/c1-12(2)13-7-9-14(10-8-13)16(18)11-15-5-3-4-6-17(15)19(20)21/h3-10,12,16H,11H2,1-2H3. The quantitative estimate of drug-likeness (QED) is 0.430. The normalized spacial score (nSPS) is 12.4. The van der Waals surface area contributed by atoms with Gasteiger partial charge in [0, 0.05) is 11.6 Å². The molecule has 0 N–H and O–H groups in total. The van der Waals surface area contributed by atoms with Gasteiger partial charge in [0.25, 0.3) is 5.69 Å². The summed E-state index contributed by atoms with van der Waals surface area (Å²) in [6.07, 6.45) is 0.444. The minimum atomic E-state index is -0.360. The molecule has 2 aromatic carbocycles. The van der Waals surface area contributed by atoms with Crippen molar-refractivity contribution in [1.82, 2.24) is 0 Å². The predicted octanol–water partition coefficient (Wildman–Crippen LogP) is 5.24. The summed E-state index contributed by atoms with van der Waals surface area (Å²) in [7, 11) is 0. The highest BCUT2D eigenvalue weighted by Gasteiger charge is 2.17. The van der Waals surface area contributed by atoms with E-state index in [2.05, 4.69) is 26.0 Å². The van der Waals surface area contributed by atoms with Gasteiger partial charge in [-0.15, -0.1) is 11.6 Å². The predicted molar refractivity (Wildman–Crippen MR) is 85.9 cm³/mol. The summed E-state index contributed by atoms with van der Waals surface area (Å²) in [6, 6.07) is 14.9. The highest BCUT2D eigenvalue weighted by Crippen LogP contribution is 2.30. The lowest BCUT2D eigenvalue weighted by Crippen LogP contribution is -2.00.